The first kappa shape index (κ1) is 16.0. The molecule has 1 heterocycles. The Morgan fingerprint density at radius 1 is 1.08 bits per heavy atom. The molecule has 2 aromatic carbocycles. The Kier molecular flexibility index (Phi) is 4.72. The zero-order chi connectivity index (χ0) is 16.9. The van der Waals surface area contributed by atoms with Gasteiger partial charge in [0.1, 0.15) is 11.4 Å². The Hall–Kier alpha value is -2.92. The molecule has 0 atom stereocenters. The van der Waals surface area contributed by atoms with Gasteiger partial charge in [0.15, 0.2) is 0 Å². The van der Waals surface area contributed by atoms with E-state index in [1.54, 1.807) is 20.3 Å². The standard InChI is InChI=1S/C19H18N2O3/c1-23-12-13-4-3-5-15(10-13)20-19(22)18-8-6-14-11-16(24-2)7-9-17(14)21-18/h3-11H,12H2,1-2H3,(H,20,22). The molecule has 24 heavy (non-hydrogen) atoms. The number of ether oxygens (including phenoxy) is 2. The fourth-order valence-corrected chi connectivity index (χ4v) is 2.46. The van der Waals surface area contributed by atoms with Crippen molar-refractivity contribution in [3.63, 3.8) is 0 Å². The van der Waals surface area contributed by atoms with E-state index in [1.807, 2.05) is 48.5 Å². The number of hydrogen-bond donors (Lipinski definition) is 1. The van der Waals surface area contributed by atoms with Crippen LogP contribution in [0.25, 0.3) is 10.9 Å². The lowest BCUT2D eigenvalue weighted by Gasteiger charge is -2.08. The highest BCUT2D eigenvalue weighted by Crippen LogP contribution is 2.20. The van der Waals surface area contributed by atoms with E-state index in [1.165, 1.54) is 0 Å². The van der Waals surface area contributed by atoms with Crippen LogP contribution in [0.4, 0.5) is 5.69 Å². The molecule has 0 aliphatic carbocycles. The van der Waals surface area contributed by atoms with Gasteiger partial charge in [-0.1, -0.05) is 18.2 Å². The number of methoxy groups -OCH3 is 2. The van der Waals surface area contributed by atoms with Crippen molar-refractivity contribution in [3.8, 4) is 5.75 Å². The summed E-state index contributed by atoms with van der Waals surface area (Å²) in [5.74, 6) is 0.513. The quantitative estimate of drug-likeness (QED) is 0.779. The van der Waals surface area contributed by atoms with Crippen molar-refractivity contribution in [2.45, 2.75) is 6.61 Å². The summed E-state index contributed by atoms with van der Waals surface area (Å²) in [7, 11) is 3.26. The number of amides is 1. The van der Waals surface area contributed by atoms with Crippen LogP contribution in [0.5, 0.6) is 5.75 Å². The molecule has 3 rings (SSSR count). The Morgan fingerprint density at radius 2 is 1.96 bits per heavy atom. The SMILES string of the molecule is COCc1cccc(NC(=O)c2ccc3cc(OC)ccc3n2)c1. The van der Waals surface area contributed by atoms with Crippen molar-refractivity contribution < 1.29 is 14.3 Å². The van der Waals surface area contributed by atoms with Crippen LogP contribution in [-0.4, -0.2) is 25.1 Å². The minimum atomic E-state index is -0.248. The van der Waals surface area contributed by atoms with Crippen molar-refractivity contribution in [1.29, 1.82) is 0 Å². The van der Waals surface area contributed by atoms with E-state index in [0.29, 0.717) is 18.0 Å². The van der Waals surface area contributed by atoms with Crippen LogP contribution in [0.3, 0.4) is 0 Å². The topological polar surface area (TPSA) is 60.5 Å². The van der Waals surface area contributed by atoms with Gasteiger partial charge >= 0.3 is 0 Å². The molecule has 0 radical (unpaired) electrons. The Bertz CT molecular complexity index is 877. The Morgan fingerprint density at radius 3 is 2.75 bits per heavy atom. The molecule has 0 bridgehead atoms. The molecule has 0 unspecified atom stereocenters. The first-order valence-corrected chi connectivity index (χ1v) is 7.53. The molecular weight excluding hydrogens is 304 g/mol. The highest BCUT2D eigenvalue weighted by Gasteiger charge is 2.09. The number of nitrogens with one attached hydrogen (secondary N) is 1. The molecule has 0 saturated carbocycles. The second-order valence-corrected chi connectivity index (χ2v) is 5.34. The lowest BCUT2D eigenvalue weighted by Crippen LogP contribution is -2.13. The van der Waals surface area contributed by atoms with E-state index in [0.717, 1.165) is 22.2 Å². The lowest BCUT2D eigenvalue weighted by molar-refractivity contribution is 0.102. The van der Waals surface area contributed by atoms with E-state index in [-0.39, 0.29) is 5.91 Å². The number of fused-ring (bicyclic) bond motifs is 1. The first-order chi connectivity index (χ1) is 11.7. The Balaban J connectivity index is 1.82. The summed E-state index contributed by atoms with van der Waals surface area (Å²) in [4.78, 5) is 16.8. The third-order valence-electron chi connectivity index (χ3n) is 3.62. The molecular formula is C19H18N2O3. The van der Waals surface area contributed by atoms with Gasteiger partial charge in [0.25, 0.3) is 5.91 Å². The number of anilines is 1. The maximum atomic E-state index is 12.4. The number of aromatic nitrogens is 1. The highest BCUT2D eigenvalue weighted by atomic mass is 16.5. The molecule has 5 heteroatoms. The number of nitrogens with zero attached hydrogens (tertiary/aromatic N) is 1. The van der Waals surface area contributed by atoms with E-state index in [2.05, 4.69) is 10.3 Å². The largest absolute Gasteiger partial charge is 0.497 e. The van der Waals surface area contributed by atoms with Gasteiger partial charge in [0.05, 0.1) is 19.2 Å². The lowest BCUT2D eigenvalue weighted by atomic mass is 10.2. The first-order valence-electron chi connectivity index (χ1n) is 7.53. The van der Waals surface area contributed by atoms with Gasteiger partial charge in [-0.2, -0.15) is 0 Å². The predicted octanol–water partition coefficient (Wildman–Crippen LogP) is 3.64. The fraction of sp³-hybridized carbons (Fsp3) is 0.158. The molecule has 0 saturated heterocycles. The smallest absolute Gasteiger partial charge is 0.274 e. The maximum absolute atomic E-state index is 12.4. The van der Waals surface area contributed by atoms with Crippen LogP contribution in [0.15, 0.2) is 54.6 Å². The van der Waals surface area contributed by atoms with Crippen LogP contribution in [0.1, 0.15) is 16.1 Å². The molecule has 1 N–H and O–H groups in total. The number of pyridine rings is 1. The van der Waals surface area contributed by atoms with E-state index in [4.69, 9.17) is 9.47 Å². The van der Waals surface area contributed by atoms with Gasteiger partial charge in [0.2, 0.25) is 0 Å². The minimum Gasteiger partial charge on any atom is -0.497 e. The van der Waals surface area contributed by atoms with Crippen LogP contribution >= 0.6 is 0 Å². The number of rotatable bonds is 5. The number of benzene rings is 2. The number of carbonyl (C=O) groups is 1. The molecule has 0 aliphatic heterocycles. The van der Waals surface area contributed by atoms with Crippen molar-refractivity contribution in [2.24, 2.45) is 0 Å². The van der Waals surface area contributed by atoms with Gasteiger partial charge in [0, 0.05) is 18.2 Å². The maximum Gasteiger partial charge on any atom is 0.274 e. The van der Waals surface area contributed by atoms with Gasteiger partial charge in [-0.15, -0.1) is 0 Å². The molecule has 1 aromatic heterocycles. The van der Waals surface area contributed by atoms with E-state index < -0.39 is 0 Å². The summed E-state index contributed by atoms with van der Waals surface area (Å²) in [5, 5.41) is 3.79. The second kappa shape index (κ2) is 7.10. The summed E-state index contributed by atoms with van der Waals surface area (Å²) in [6, 6.07) is 16.7. The zero-order valence-corrected chi connectivity index (χ0v) is 13.6. The van der Waals surface area contributed by atoms with E-state index in [9.17, 15) is 4.79 Å². The minimum absolute atomic E-state index is 0.248. The summed E-state index contributed by atoms with van der Waals surface area (Å²) in [5.41, 5.74) is 2.82. The summed E-state index contributed by atoms with van der Waals surface area (Å²) in [6.07, 6.45) is 0. The normalized spacial score (nSPS) is 10.6. The fourth-order valence-electron chi connectivity index (χ4n) is 2.46. The van der Waals surface area contributed by atoms with Gasteiger partial charge in [-0.25, -0.2) is 4.98 Å². The molecule has 1 amide bonds. The van der Waals surface area contributed by atoms with Gasteiger partial charge in [-0.05, 0) is 42.0 Å². The summed E-state index contributed by atoms with van der Waals surface area (Å²) >= 11 is 0. The van der Waals surface area contributed by atoms with Crippen LogP contribution in [0.2, 0.25) is 0 Å². The number of carbonyl (C=O) groups excluding carboxylic acids is 1. The highest BCUT2D eigenvalue weighted by molar-refractivity contribution is 6.04. The monoisotopic (exact) mass is 322 g/mol. The zero-order valence-electron chi connectivity index (χ0n) is 13.6. The van der Waals surface area contributed by atoms with E-state index >= 15 is 0 Å². The third-order valence-corrected chi connectivity index (χ3v) is 3.62. The van der Waals surface area contributed by atoms with Crippen molar-refractivity contribution in [1.82, 2.24) is 4.98 Å². The van der Waals surface area contributed by atoms with Crippen LogP contribution in [-0.2, 0) is 11.3 Å². The average Bonchev–Trinajstić information content (AvgIpc) is 2.61. The van der Waals surface area contributed by atoms with Crippen molar-refractivity contribution in [2.75, 3.05) is 19.5 Å². The predicted molar refractivity (Wildman–Crippen MR) is 93.4 cm³/mol. The second-order valence-electron chi connectivity index (χ2n) is 5.34. The van der Waals surface area contributed by atoms with Gasteiger partial charge < -0.3 is 14.8 Å². The van der Waals surface area contributed by atoms with Crippen LogP contribution < -0.4 is 10.1 Å². The summed E-state index contributed by atoms with van der Waals surface area (Å²) in [6.45, 7) is 0.500. The van der Waals surface area contributed by atoms with Crippen molar-refractivity contribution in [3.05, 3.63) is 65.9 Å². The molecule has 0 aliphatic rings. The van der Waals surface area contributed by atoms with Crippen molar-refractivity contribution >= 4 is 22.5 Å². The number of hydrogen-bond acceptors (Lipinski definition) is 4. The third kappa shape index (κ3) is 3.52. The molecule has 0 fully saturated rings. The summed E-state index contributed by atoms with van der Waals surface area (Å²) < 4.78 is 10.3. The molecule has 5 nitrogen and oxygen atoms in total. The molecule has 122 valence electrons. The van der Waals surface area contributed by atoms with Crippen LogP contribution in [0, 0.1) is 0 Å². The molecule has 3 aromatic rings. The average molecular weight is 322 g/mol. The Labute approximate surface area is 140 Å². The molecule has 0 spiro atoms. The van der Waals surface area contributed by atoms with Gasteiger partial charge in [-0.3, -0.25) is 4.79 Å².